The summed E-state index contributed by atoms with van der Waals surface area (Å²) in [4.78, 5) is 41.3. The van der Waals surface area contributed by atoms with Crippen molar-refractivity contribution in [1.82, 2.24) is 15.1 Å². The number of unbranched alkanes of at least 4 members (excludes halogenated alkanes) is 1. The van der Waals surface area contributed by atoms with Crippen molar-refractivity contribution in [3.8, 4) is 0 Å². The monoisotopic (exact) mass is 403 g/mol. The highest BCUT2D eigenvalue weighted by molar-refractivity contribution is 6.00. The molecular weight excluding hydrogens is 374 g/mol. The van der Waals surface area contributed by atoms with Crippen molar-refractivity contribution >= 4 is 17.9 Å². The van der Waals surface area contributed by atoms with E-state index in [0.29, 0.717) is 32.5 Å². The minimum absolute atomic E-state index is 0.196. The molecule has 158 valence electrons. The molecular formula is C21H29N3O5. The highest BCUT2D eigenvalue weighted by atomic mass is 16.6. The number of hydrogen-bond acceptors (Lipinski definition) is 5. The van der Waals surface area contributed by atoms with Crippen LogP contribution in [0.1, 0.15) is 38.2 Å². The Hall–Kier alpha value is -2.61. The van der Waals surface area contributed by atoms with E-state index < -0.39 is 24.3 Å². The molecule has 0 saturated carbocycles. The maximum absolute atomic E-state index is 12.9. The van der Waals surface area contributed by atoms with Gasteiger partial charge in [0.25, 0.3) is 0 Å². The van der Waals surface area contributed by atoms with E-state index in [1.807, 2.05) is 37.3 Å². The molecule has 3 rings (SSSR count). The van der Waals surface area contributed by atoms with Gasteiger partial charge in [0.1, 0.15) is 18.2 Å². The van der Waals surface area contributed by atoms with E-state index in [1.165, 1.54) is 0 Å². The van der Waals surface area contributed by atoms with Gasteiger partial charge in [-0.2, -0.15) is 0 Å². The molecule has 2 heterocycles. The Bertz CT molecular complexity index is 731. The highest BCUT2D eigenvalue weighted by Crippen LogP contribution is 2.33. The van der Waals surface area contributed by atoms with Crippen molar-refractivity contribution < 1.29 is 24.2 Å². The van der Waals surface area contributed by atoms with E-state index in [9.17, 15) is 19.5 Å². The fourth-order valence-electron chi connectivity index (χ4n) is 4.01. The zero-order valence-electron chi connectivity index (χ0n) is 16.8. The van der Waals surface area contributed by atoms with Gasteiger partial charge in [0.05, 0.1) is 6.61 Å². The molecule has 0 aromatic heterocycles. The van der Waals surface area contributed by atoms with Gasteiger partial charge in [0.2, 0.25) is 11.8 Å². The van der Waals surface area contributed by atoms with Crippen molar-refractivity contribution in [3.05, 3.63) is 35.9 Å². The number of benzene rings is 1. The quantitative estimate of drug-likeness (QED) is 0.745. The van der Waals surface area contributed by atoms with Crippen molar-refractivity contribution in [1.29, 1.82) is 0 Å². The number of carbonyl (C=O) groups excluding carboxylic acids is 3. The molecule has 1 spiro atoms. The third-order valence-electron chi connectivity index (χ3n) is 5.78. The van der Waals surface area contributed by atoms with Gasteiger partial charge in [0, 0.05) is 19.6 Å². The van der Waals surface area contributed by atoms with Gasteiger partial charge in [-0.15, -0.1) is 0 Å². The first-order valence-electron chi connectivity index (χ1n) is 10.2. The van der Waals surface area contributed by atoms with E-state index in [1.54, 1.807) is 9.80 Å². The summed E-state index contributed by atoms with van der Waals surface area (Å²) >= 11 is 0. The molecule has 2 aliphatic rings. The summed E-state index contributed by atoms with van der Waals surface area (Å²) in [5.41, 5.74) is -0.0546. The third kappa shape index (κ3) is 4.37. The summed E-state index contributed by atoms with van der Waals surface area (Å²) in [5, 5.41) is 12.1. The normalized spacial score (nSPS) is 21.2. The number of nitrogens with one attached hydrogen (secondary N) is 1. The first kappa shape index (κ1) is 21.1. The molecule has 0 unspecified atom stereocenters. The number of piperidine rings is 1. The van der Waals surface area contributed by atoms with Crippen LogP contribution in [0, 0.1) is 0 Å². The maximum atomic E-state index is 12.9. The van der Waals surface area contributed by atoms with Gasteiger partial charge in [-0.1, -0.05) is 43.7 Å². The Labute approximate surface area is 170 Å². The van der Waals surface area contributed by atoms with Crippen LogP contribution in [-0.4, -0.2) is 70.6 Å². The van der Waals surface area contributed by atoms with Crippen LogP contribution in [0.15, 0.2) is 30.3 Å². The molecule has 1 atom stereocenters. The maximum Gasteiger partial charge on any atom is 0.410 e. The van der Waals surface area contributed by atoms with Crippen LogP contribution in [0.5, 0.6) is 0 Å². The van der Waals surface area contributed by atoms with E-state index in [0.717, 1.165) is 18.4 Å². The smallest absolute Gasteiger partial charge is 0.410 e. The Morgan fingerprint density at radius 2 is 1.93 bits per heavy atom. The number of aliphatic hydroxyl groups is 1. The number of ether oxygens (including phenoxy) is 1. The average molecular weight is 403 g/mol. The number of rotatable bonds is 6. The number of likely N-dealkylation sites (tertiary alicyclic amines) is 1. The minimum Gasteiger partial charge on any atom is -0.445 e. The second-order valence-corrected chi connectivity index (χ2v) is 7.61. The van der Waals surface area contributed by atoms with Crippen LogP contribution in [0.25, 0.3) is 0 Å². The number of amides is 3. The number of nitrogens with zero attached hydrogens (tertiary/aromatic N) is 2. The molecule has 29 heavy (non-hydrogen) atoms. The molecule has 2 saturated heterocycles. The lowest BCUT2D eigenvalue weighted by Crippen LogP contribution is -2.73. The van der Waals surface area contributed by atoms with Gasteiger partial charge in [-0.05, 0) is 24.8 Å². The van der Waals surface area contributed by atoms with Crippen molar-refractivity contribution in [2.45, 2.75) is 50.8 Å². The summed E-state index contributed by atoms with van der Waals surface area (Å²) < 4.78 is 5.39. The fourth-order valence-corrected chi connectivity index (χ4v) is 4.01. The van der Waals surface area contributed by atoms with Crippen LogP contribution in [0.3, 0.4) is 0 Å². The largest absolute Gasteiger partial charge is 0.445 e. The Kier molecular flexibility index (Phi) is 6.74. The topological polar surface area (TPSA) is 99.2 Å². The molecule has 2 aliphatic heterocycles. The molecule has 2 fully saturated rings. The molecule has 0 bridgehead atoms. The van der Waals surface area contributed by atoms with E-state index in [4.69, 9.17) is 4.74 Å². The average Bonchev–Trinajstić information content (AvgIpc) is 2.76. The summed E-state index contributed by atoms with van der Waals surface area (Å²) in [6.07, 6.45) is 1.96. The number of piperazine rings is 1. The SMILES string of the molecule is CCCCN1C(=O)[C@H](CO)NC(=O)C12CCN(C(=O)OCc1ccccc1)CC2. The summed E-state index contributed by atoms with van der Waals surface area (Å²) in [5.74, 6) is -0.495. The molecule has 1 aromatic rings. The molecule has 1 aromatic carbocycles. The molecule has 2 N–H and O–H groups in total. The van der Waals surface area contributed by atoms with Crippen LogP contribution < -0.4 is 5.32 Å². The fraction of sp³-hybridized carbons (Fsp3) is 0.571. The number of hydrogen-bond donors (Lipinski definition) is 2. The second-order valence-electron chi connectivity index (χ2n) is 7.61. The number of aliphatic hydroxyl groups excluding tert-OH is 1. The lowest BCUT2D eigenvalue weighted by atomic mass is 9.81. The summed E-state index contributed by atoms with van der Waals surface area (Å²) in [7, 11) is 0. The summed E-state index contributed by atoms with van der Waals surface area (Å²) in [6, 6.07) is 8.56. The second kappa shape index (κ2) is 9.26. The minimum atomic E-state index is -0.964. The van der Waals surface area contributed by atoms with Crippen molar-refractivity contribution in [3.63, 3.8) is 0 Å². The molecule has 0 aliphatic carbocycles. The van der Waals surface area contributed by atoms with Crippen LogP contribution in [0.4, 0.5) is 4.79 Å². The molecule has 8 heteroatoms. The molecule has 8 nitrogen and oxygen atoms in total. The zero-order valence-corrected chi connectivity index (χ0v) is 16.8. The van der Waals surface area contributed by atoms with Crippen LogP contribution >= 0.6 is 0 Å². The van der Waals surface area contributed by atoms with Crippen molar-refractivity contribution in [2.24, 2.45) is 0 Å². The lowest BCUT2D eigenvalue weighted by molar-refractivity contribution is -0.162. The predicted octanol–water partition coefficient (Wildman–Crippen LogP) is 1.28. The van der Waals surface area contributed by atoms with Gasteiger partial charge in [0.15, 0.2) is 0 Å². The Morgan fingerprint density at radius 3 is 2.55 bits per heavy atom. The van der Waals surface area contributed by atoms with Gasteiger partial charge < -0.3 is 25.0 Å². The van der Waals surface area contributed by atoms with E-state index in [2.05, 4.69) is 5.32 Å². The Morgan fingerprint density at radius 1 is 1.24 bits per heavy atom. The lowest BCUT2D eigenvalue weighted by Gasteiger charge is -2.51. The summed E-state index contributed by atoms with van der Waals surface area (Å²) in [6.45, 7) is 2.94. The number of carbonyl (C=O) groups is 3. The van der Waals surface area contributed by atoms with E-state index >= 15 is 0 Å². The van der Waals surface area contributed by atoms with Crippen LogP contribution in [-0.2, 0) is 20.9 Å². The molecule has 0 radical (unpaired) electrons. The van der Waals surface area contributed by atoms with Crippen molar-refractivity contribution in [2.75, 3.05) is 26.2 Å². The first-order valence-corrected chi connectivity index (χ1v) is 10.2. The van der Waals surface area contributed by atoms with E-state index in [-0.39, 0.29) is 18.4 Å². The van der Waals surface area contributed by atoms with Gasteiger partial charge in [-0.3, -0.25) is 9.59 Å². The molecule has 3 amide bonds. The van der Waals surface area contributed by atoms with Gasteiger partial charge in [-0.25, -0.2) is 4.79 Å². The first-order chi connectivity index (χ1) is 14.0. The predicted molar refractivity (Wildman–Crippen MR) is 106 cm³/mol. The zero-order chi connectivity index (χ0) is 20.9. The van der Waals surface area contributed by atoms with Gasteiger partial charge >= 0.3 is 6.09 Å². The Balaban J connectivity index is 1.64. The highest BCUT2D eigenvalue weighted by Gasteiger charge is 2.53. The standard InChI is InChI=1S/C21H29N3O5/c1-2-3-11-24-18(26)17(14-25)22-19(27)21(24)9-12-23(13-10-21)20(28)29-15-16-7-5-4-6-8-16/h4-8,17,25H,2-3,9-15H2,1H3,(H,22,27)/t17-/m0/s1. The van der Waals surface area contributed by atoms with Crippen LogP contribution in [0.2, 0.25) is 0 Å². The third-order valence-corrected chi connectivity index (χ3v) is 5.78.